The predicted molar refractivity (Wildman–Crippen MR) is 125 cm³/mol. The lowest BCUT2D eigenvalue weighted by molar-refractivity contribution is -0.181. The van der Waals surface area contributed by atoms with Crippen LogP contribution in [0.15, 0.2) is 30.3 Å². The first-order valence-electron chi connectivity index (χ1n) is 9.73. The monoisotopic (exact) mass is 485 g/mol. The molecule has 4 heterocycles. The van der Waals surface area contributed by atoms with Gasteiger partial charge in [0.2, 0.25) is 0 Å². The zero-order valence-electron chi connectivity index (χ0n) is 17.2. The molecule has 1 aromatic carbocycles. The van der Waals surface area contributed by atoms with Crippen molar-refractivity contribution >= 4 is 48.9 Å². The maximum Gasteiger partial charge on any atom is 0.339 e. The van der Waals surface area contributed by atoms with Crippen molar-refractivity contribution in [3.8, 4) is 0 Å². The van der Waals surface area contributed by atoms with Crippen molar-refractivity contribution in [2.24, 2.45) is 5.92 Å². The Balaban J connectivity index is 0.00000210. The van der Waals surface area contributed by atoms with Gasteiger partial charge in [0.1, 0.15) is 6.10 Å². The van der Waals surface area contributed by atoms with Gasteiger partial charge in [-0.2, -0.15) is 0 Å². The number of piperidine rings is 3. The van der Waals surface area contributed by atoms with Gasteiger partial charge >= 0.3 is 5.97 Å². The summed E-state index contributed by atoms with van der Waals surface area (Å²) in [6.45, 7) is 6.75. The number of aliphatic hydroxyl groups is 1. The second kappa shape index (κ2) is 12.3. The number of halogens is 3. The molecule has 10 heteroatoms. The van der Waals surface area contributed by atoms with Gasteiger partial charge in [-0.1, -0.05) is 18.2 Å². The van der Waals surface area contributed by atoms with Gasteiger partial charge in [-0.3, -0.25) is 4.90 Å². The standard InChI is InChI=1S/C20H29N3O3.3ClH.H2O/c1-20(25,19(24)26-17-13-22-10-7-15(17)8-11-22)18-14-23(12-9-21-18)16-5-3-2-4-6-16;;;;/h2-6,15,17-18,21,25H,7-14H2,1H3;3*1H;1H2. The fourth-order valence-electron chi connectivity index (χ4n) is 4.44. The average Bonchev–Trinajstić information content (AvgIpc) is 2.69. The molecule has 0 spiro atoms. The summed E-state index contributed by atoms with van der Waals surface area (Å²) in [5.74, 6) is -0.0523. The van der Waals surface area contributed by atoms with E-state index < -0.39 is 11.6 Å². The average molecular weight is 487 g/mol. The highest BCUT2D eigenvalue weighted by molar-refractivity contribution is 5.86. The Morgan fingerprint density at radius 3 is 2.30 bits per heavy atom. The number of carbonyl (C=O) groups is 1. The van der Waals surface area contributed by atoms with Crippen molar-refractivity contribution in [1.82, 2.24) is 10.2 Å². The number of para-hydroxylation sites is 1. The molecule has 2 bridgehead atoms. The number of anilines is 1. The van der Waals surface area contributed by atoms with Crippen molar-refractivity contribution in [2.75, 3.05) is 44.2 Å². The van der Waals surface area contributed by atoms with Crippen molar-refractivity contribution in [1.29, 1.82) is 0 Å². The molecular weight excluding hydrogens is 453 g/mol. The van der Waals surface area contributed by atoms with Crippen molar-refractivity contribution in [3.63, 3.8) is 0 Å². The highest BCUT2D eigenvalue weighted by Crippen LogP contribution is 2.31. The first-order valence-corrected chi connectivity index (χ1v) is 9.73. The predicted octanol–water partition coefficient (Wildman–Crippen LogP) is 1.29. The number of rotatable bonds is 4. The SMILES string of the molecule is CC(O)(C(=O)OC1CN2CCC1CC2)C1CN(c2ccccc2)CCN1.Cl.Cl.Cl.O. The fourth-order valence-corrected chi connectivity index (χ4v) is 4.44. The zero-order valence-corrected chi connectivity index (χ0v) is 19.6. The Morgan fingerprint density at radius 1 is 1.10 bits per heavy atom. The van der Waals surface area contributed by atoms with Crippen LogP contribution in [0.2, 0.25) is 0 Å². The second-order valence-corrected chi connectivity index (χ2v) is 8.02. The van der Waals surface area contributed by atoms with Gasteiger partial charge in [0.05, 0.1) is 6.04 Å². The summed E-state index contributed by atoms with van der Waals surface area (Å²) in [5.41, 5.74) is -0.431. The topological polar surface area (TPSA) is 96.5 Å². The van der Waals surface area contributed by atoms with E-state index in [4.69, 9.17) is 4.74 Å². The molecule has 4 N–H and O–H groups in total. The molecule has 0 aliphatic carbocycles. The number of fused-ring (bicyclic) bond motifs is 3. The summed E-state index contributed by atoms with van der Waals surface area (Å²) in [6.07, 6.45) is 2.10. The number of nitrogens with one attached hydrogen (secondary N) is 1. The van der Waals surface area contributed by atoms with E-state index in [1.807, 2.05) is 18.2 Å². The van der Waals surface area contributed by atoms with Crippen LogP contribution in [0, 0.1) is 5.92 Å². The van der Waals surface area contributed by atoms with Gasteiger partial charge in [-0.15, -0.1) is 37.2 Å². The molecule has 0 amide bonds. The van der Waals surface area contributed by atoms with Crippen molar-refractivity contribution in [3.05, 3.63) is 30.3 Å². The Hall–Kier alpha value is -0.800. The highest BCUT2D eigenvalue weighted by Gasteiger charge is 2.46. The van der Waals surface area contributed by atoms with Crippen molar-refractivity contribution in [2.45, 2.75) is 37.5 Å². The molecule has 1 aromatic rings. The molecule has 7 nitrogen and oxygen atoms in total. The summed E-state index contributed by atoms with van der Waals surface area (Å²) >= 11 is 0. The molecule has 4 aliphatic heterocycles. The van der Waals surface area contributed by atoms with Gasteiger partial charge in [0.25, 0.3) is 0 Å². The minimum Gasteiger partial charge on any atom is -0.459 e. The summed E-state index contributed by atoms with van der Waals surface area (Å²) in [5, 5.41) is 14.3. The van der Waals surface area contributed by atoms with E-state index in [0.29, 0.717) is 12.5 Å². The third-order valence-corrected chi connectivity index (χ3v) is 6.24. The third-order valence-electron chi connectivity index (χ3n) is 6.24. The Labute approximate surface area is 197 Å². The van der Waals surface area contributed by atoms with Crippen LogP contribution >= 0.6 is 37.2 Å². The van der Waals surface area contributed by atoms with Crippen LogP contribution in [0.3, 0.4) is 0 Å². The van der Waals surface area contributed by atoms with E-state index in [9.17, 15) is 9.90 Å². The maximum absolute atomic E-state index is 12.8. The van der Waals surface area contributed by atoms with Crippen LogP contribution in [-0.2, 0) is 9.53 Å². The van der Waals surface area contributed by atoms with Gasteiger partial charge < -0.3 is 25.5 Å². The van der Waals surface area contributed by atoms with Crippen LogP contribution in [0.25, 0.3) is 0 Å². The fraction of sp³-hybridized carbons (Fsp3) is 0.650. The zero-order chi connectivity index (χ0) is 18.1. The van der Waals surface area contributed by atoms with E-state index in [1.54, 1.807) is 6.92 Å². The molecule has 3 unspecified atom stereocenters. The molecular formula is C20H34Cl3N3O4. The van der Waals surface area contributed by atoms with E-state index in [1.165, 1.54) is 0 Å². The molecule has 4 aliphatic rings. The molecule has 4 fully saturated rings. The normalized spacial score (nSPS) is 29.1. The van der Waals surface area contributed by atoms with Crippen LogP contribution in [0.1, 0.15) is 19.8 Å². The first-order chi connectivity index (χ1) is 12.5. The maximum atomic E-state index is 12.8. The molecule has 0 radical (unpaired) electrons. The quantitative estimate of drug-likeness (QED) is 0.623. The molecule has 0 aromatic heterocycles. The third kappa shape index (κ3) is 6.13. The number of carbonyl (C=O) groups excluding carboxylic acids is 1. The summed E-state index contributed by atoms with van der Waals surface area (Å²) < 4.78 is 5.80. The molecule has 5 rings (SSSR count). The van der Waals surface area contributed by atoms with Crippen LogP contribution in [0.5, 0.6) is 0 Å². The minimum atomic E-state index is -1.54. The van der Waals surface area contributed by atoms with Gasteiger partial charge in [0, 0.05) is 31.9 Å². The minimum absolute atomic E-state index is 0. The Morgan fingerprint density at radius 2 is 1.73 bits per heavy atom. The number of hydrogen-bond donors (Lipinski definition) is 2. The summed E-state index contributed by atoms with van der Waals surface area (Å²) in [6, 6.07) is 9.76. The second-order valence-electron chi connectivity index (χ2n) is 8.02. The van der Waals surface area contributed by atoms with Gasteiger partial charge in [0.15, 0.2) is 5.60 Å². The summed E-state index contributed by atoms with van der Waals surface area (Å²) in [7, 11) is 0. The number of esters is 1. The van der Waals surface area contributed by atoms with Crippen LogP contribution in [0.4, 0.5) is 5.69 Å². The number of benzene rings is 1. The Bertz CT molecular complexity index is 645. The molecule has 174 valence electrons. The highest BCUT2D eigenvalue weighted by atomic mass is 35.5. The lowest BCUT2D eigenvalue weighted by Gasteiger charge is -2.45. The lowest BCUT2D eigenvalue weighted by Crippen LogP contribution is -2.64. The number of hydrogen-bond acceptors (Lipinski definition) is 6. The first kappa shape index (κ1) is 29.2. The van der Waals surface area contributed by atoms with E-state index in [0.717, 1.165) is 51.3 Å². The van der Waals surface area contributed by atoms with E-state index in [-0.39, 0.29) is 54.8 Å². The summed E-state index contributed by atoms with van der Waals surface area (Å²) in [4.78, 5) is 17.4. The van der Waals surface area contributed by atoms with Gasteiger partial charge in [-0.05, 0) is 50.9 Å². The molecule has 4 saturated heterocycles. The van der Waals surface area contributed by atoms with E-state index in [2.05, 4.69) is 27.2 Å². The van der Waals surface area contributed by atoms with E-state index >= 15 is 0 Å². The van der Waals surface area contributed by atoms with Crippen molar-refractivity contribution < 1.29 is 20.1 Å². The number of ether oxygens (including phenoxy) is 1. The molecule has 0 saturated carbocycles. The molecule has 3 atom stereocenters. The molecule has 30 heavy (non-hydrogen) atoms. The van der Waals surface area contributed by atoms with Gasteiger partial charge in [-0.25, -0.2) is 4.79 Å². The Kier molecular flexibility index (Phi) is 12.0. The largest absolute Gasteiger partial charge is 0.459 e. The van der Waals surface area contributed by atoms with Crippen LogP contribution < -0.4 is 10.2 Å². The lowest BCUT2D eigenvalue weighted by atomic mass is 9.85. The number of nitrogens with zero attached hydrogens (tertiary/aromatic N) is 2. The number of piperazine rings is 1. The smallest absolute Gasteiger partial charge is 0.339 e. The van der Waals surface area contributed by atoms with Crippen LogP contribution in [-0.4, -0.2) is 78.5 Å².